The van der Waals surface area contributed by atoms with Crippen LogP contribution in [0, 0.1) is 0 Å². The fraction of sp³-hybridized carbons (Fsp3) is 0.0714. The van der Waals surface area contributed by atoms with E-state index in [1.165, 1.54) is 5.56 Å². The van der Waals surface area contributed by atoms with Gasteiger partial charge in [-0.15, -0.1) is 10.2 Å². The second-order valence-electron chi connectivity index (χ2n) is 3.99. The molecule has 0 N–H and O–H groups in total. The molecule has 0 amide bonds. The largest absolute Gasteiger partial charge is 0.463 e. The summed E-state index contributed by atoms with van der Waals surface area (Å²) in [5.41, 5.74) is 1.24. The molecule has 20 heavy (non-hydrogen) atoms. The molecule has 3 aromatic rings. The van der Waals surface area contributed by atoms with Crippen LogP contribution < -0.4 is 0 Å². The maximum absolute atomic E-state index is 5.19. The van der Waals surface area contributed by atoms with Crippen LogP contribution in [0.25, 0.3) is 0 Å². The minimum Gasteiger partial charge on any atom is -0.463 e. The van der Waals surface area contributed by atoms with Crippen molar-refractivity contribution in [3.63, 3.8) is 0 Å². The first-order valence-electron chi connectivity index (χ1n) is 6.06. The third kappa shape index (κ3) is 3.16. The average Bonchev–Trinajstić information content (AvgIpc) is 3.15. The lowest BCUT2D eigenvalue weighted by Crippen LogP contribution is -1.92. The Balaban J connectivity index is 1.67. The van der Waals surface area contributed by atoms with Gasteiger partial charge >= 0.3 is 0 Å². The quantitative estimate of drug-likeness (QED) is 0.534. The fourth-order valence-electron chi connectivity index (χ4n) is 1.60. The van der Waals surface area contributed by atoms with Crippen LogP contribution in [0.15, 0.2) is 69.7 Å². The Morgan fingerprint density at radius 2 is 2.10 bits per heavy atom. The number of furan rings is 1. The molecule has 3 rings (SSSR count). The van der Waals surface area contributed by atoms with E-state index in [0.29, 0.717) is 5.76 Å². The van der Waals surface area contributed by atoms with Crippen molar-refractivity contribution in [2.75, 3.05) is 0 Å². The van der Waals surface area contributed by atoms with Crippen LogP contribution in [-0.4, -0.2) is 21.1 Å². The molecule has 2 aromatic heterocycles. The van der Waals surface area contributed by atoms with Crippen LogP contribution >= 0.6 is 11.8 Å². The fourth-order valence-corrected chi connectivity index (χ4v) is 2.42. The van der Waals surface area contributed by atoms with Gasteiger partial charge in [-0.1, -0.05) is 42.1 Å². The van der Waals surface area contributed by atoms with Gasteiger partial charge in [0.25, 0.3) is 0 Å². The highest BCUT2D eigenvalue weighted by atomic mass is 32.2. The Labute approximate surface area is 120 Å². The zero-order valence-electron chi connectivity index (χ0n) is 10.6. The van der Waals surface area contributed by atoms with Gasteiger partial charge in [-0.25, -0.2) is 0 Å². The van der Waals surface area contributed by atoms with E-state index in [-0.39, 0.29) is 0 Å². The molecule has 0 aliphatic heterocycles. The average molecular weight is 284 g/mol. The molecule has 1 aromatic carbocycles. The van der Waals surface area contributed by atoms with E-state index in [1.807, 2.05) is 30.3 Å². The summed E-state index contributed by atoms with van der Waals surface area (Å²) in [6.07, 6.45) is 4.82. The Kier molecular flexibility index (Phi) is 3.93. The standard InChI is InChI=1S/C14H12N4OS/c1-2-5-12(6-3-1)10-20-14-17-15-11-18(14)16-9-13-7-4-8-19-13/h1-9,11H,10H2. The highest BCUT2D eigenvalue weighted by Gasteiger charge is 2.04. The van der Waals surface area contributed by atoms with Gasteiger partial charge in [0.05, 0.1) is 12.5 Å². The molecule has 0 aliphatic rings. The van der Waals surface area contributed by atoms with Gasteiger partial charge < -0.3 is 4.42 Å². The minimum atomic E-state index is 0.692. The zero-order chi connectivity index (χ0) is 13.6. The molecule has 0 spiro atoms. The molecule has 0 bridgehead atoms. The summed E-state index contributed by atoms with van der Waals surface area (Å²) in [5.74, 6) is 1.52. The SMILES string of the molecule is C(=Nn1cnnc1SCc1ccccc1)c1ccco1. The Morgan fingerprint density at radius 1 is 1.20 bits per heavy atom. The second-order valence-corrected chi connectivity index (χ2v) is 4.93. The third-order valence-electron chi connectivity index (χ3n) is 2.56. The topological polar surface area (TPSA) is 56.2 Å². The summed E-state index contributed by atoms with van der Waals surface area (Å²) in [4.78, 5) is 0. The van der Waals surface area contributed by atoms with Crippen molar-refractivity contribution >= 4 is 18.0 Å². The molecule has 100 valence electrons. The number of nitrogens with zero attached hydrogens (tertiary/aromatic N) is 4. The van der Waals surface area contributed by atoms with Crippen molar-refractivity contribution in [1.29, 1.82) is 0 Å². The predicted molar refractivity (Wildman–Crippen MR) is 77.7 cm³/mol. The molecule has 0 aliphatic carbocycles. The van der Waals surface area contributed by atoms with Crippen molar-refractivity contribution < 1.29 is 4.42 Å². The van der Waals surface area contributed by atoms with E-state index < -0.39 is 0 Å². The molecular formula is C14H12N4OS. The summed E-state index contributed by atoms with van der Waals surface area (Å²) in [6, 6.07) is 13.9. The van der Waals surface area contributed by atoms with Gasteiger partial charge in [0.2, 0.25) is 5.16 Å². The van der Waals surface area contributed by atoms with Crippen LogP contribution in [0.3, 0.4) is 0 Å². The minimum absolute atomic E-state index is 0.692. The number of benzene rings is 1. The Hall–Kier alpha value is -2.34. The lowest BCUT2D eigenvalue weighted by atomic mass is 10.2. The van der Waals surface area contributed by atoms with Crippen molar-refractivity contribution in [3.8, 4) is 0 Å². The molecule has 0 atom stereocenters. The molecule has 5 nitrogen and oxygen atoms in total. The first-order chi connectivity index (χ1) is 9.92. The number of aromatic nitrogens is 3. The monoisotopic (exact) mass is 284 g/mol. The van der Waals surface area contributed by atoms with E-state index in [9.17, 15) is 0 Å². The molecular weight excluding hydrogens is 272 g/mol. The van der Waals surface area contributed by atoms with Gasteiger partial charge in [0, 0.05) is 5.75 Å². The molecule has 0 saturated carbocycles. The predicted octanol–water partition coefficient (Wildman–Crippen LogP) is 3.05. The van der Waals surface area contributed by atoms with Gasteiger partial charge in [-0.05, 0) is 17.7 Å². The smallest absolute Gasteiger partial charge is 0.212 e. The zero-order valence-corrected chi connectivity index (χ0v) is 11.4. The van der Waals surface area contributed by atoms with Crippen molar-refractivity contribution in [3.05, 3.63) is 66.4 Å². The van der Waals surface area contributed by atoms with Crippen LogP contribution in [0.1, 0.15) is 11.3 Å². The number of thioether (sulfide) groups is 1. The third-order valence-corrected chi connectivity index (χ3v) is 3.57. The van der Waals surface area contributed by atoms with Crippen LogP contribution in [-0.2, 0) is 5.75 Å². The van der Waals surface area contributed by atoms with Crippen LogP contribution in [0.5, 0.6) is 0 Å². The first-order valence-corrected chi connectivity index (χ1v) is 7.05. The van der Waals surface area contributed by atoms with E-state index >= 15 is 0 Å². The van der Waals surface area contributed by atoms with E-state index in [2.05, 4.69) is 27.4 Å². The molecule has 0 fully saturated rings. The van der Waals surface area contributed by atoms with Gasteiger partial charge in [0.1, 0.15) is 12.1 Å². The molecule has 0 saturated heterocycles. The molecule has 0 radical (unpaired) electrons. The number of rotatable bonds is 5. The van der Waals surface area contributed by atoms with E-state index in [4.69, 9.17) is 4.42 Å². The summed E-state index contributed by atoms with van der Waals surface area (Å²) in [5, 5.41) is 13.0. The number of hydrogen-bond donors (Lipinski definition) is 0. The first kappa shape index (κ1) is 12.7. The number of hydrogen-bond acceptors (Lipinski definition) is 5. The summed E-state index contributed by atoms with van der Waals surface area (Å²) < 4.78 is 6.83. The highest BCUT2D eigenvalue weighted by Crippen LogP contribution is 2.20. The summed E-state index contributed by atoms with van der Waals surface area (Å²) in [6.45, 7) is 0. The molecule has 0 unspecified atom stereocenters. The Bertz CT molecular complexity index is 676. The highest BCUT2D eigenvalue weighted by molar-refractivity contribution is 7.98. The maximum atomic E-state index is 5.19. The van der Waals surface area contributed by atoms with Gasteiger partial charge in [0.15, 0.2) is 0 Å². The normalized spacial score (nSPS) is 11.2. The van der Waals surface area contributed by atoms with Crippen LogP contribution in [0.4, 0.5) is 0 Å². The maximum Gasteiger partial charge on any atom is 0.212 e. The van der Waals surface area contributed by atoms with Gasteiger partial charge in [-0.3, -0.25) is 0 Å². The van der Waals surface area contributed by atoms with Gasteiger partial charge in [-0.2, -0.15) is 9.78 Å². The lowest BCUT2D eigenvalue weighted by molar-refractivity contribution is 0.559. The second kappa shape index (κ2) is 6.21. The summed E-state index contributed by atoms with van der Waals surface area (Å²) >= 11 is 1.59. The van der Waals surface area contributed by atoms with E-state index in [0.717, 1.165) is 10.9 Å². The summed E-state index contributed by atoms with van der Waals surface area (Å²) in [7, 11) is 0. The van der Waals surface area contributed by atoms with Crippen molar-refractivity contribution in [2.45, 2.75) is 10.9 Å². The van der Waals surface area contributed by atoms with Crippen molar-refractivity contribution in [1.82, 2.24) is 14.9 Å². The Morgan fingerprint density at radius 3 is 2.90 bits per heavy atom. The van der Waals surface area contributed by atoms with E-state index in [1.54, 1.807) is 35.2 Å². The van der Waals surface area contributed by atoms with Crippen molar-refractivity contribution in [2.24, 2.45) is 5.10 Å². The van der Waals surface area contributed by atoms with Crippen LogP contribution in [0.2, 0.25) is 0 Å². The molecule has 6 heteroatoms. The lowest BCUT2D eigenvalue weighted by Gasteiger charge is -2.00. The molecule has 2 heterocycles.